The largest absolute Gasteiger partial charge is 0.465 e. The smallest absolute Gasteiger partial charge is 0.320 e. The van der Waals surface area contributed by atoms with Gasteiger partial charge in [0.2, 0.25) is 0 Å². The zero-order chi connectivity index (χ0) is 15.0. The molecule has 1 aromatic rings. The van der Waals surface area contributed by atoms with Gasteiger partial charge in [0, 0.05) is 6.04 Å². The molecule has 108 valence electrons. The van der Waals surface area contributed by atoms with Crippen molar-refractivity contribution >= 4 is 5.97 Å². The van der Waals surface area contributed by atoms with Gasteiger partial charge in [-0.05, 0) is 38.1 Å². The van der Waals surface area contributed by atoms with Crippen LogP contribution in [0.5, 0.6) is 0 Å². The molecule has 0 radical (unpaired) electrons. The van der Waals surface area contributed by atoms with Gasteiger partial charge in [-0.25, -0.2) is 0 Å². The second-order valence-electron chi connectivity index (χ2n) is 4.90. The summed E-state index contributed by atoms with van der Waals surface area (Å²) in [5, 5.41) is 8.78. The molecule has 0 spiro atoms. The van der Waals surface area contributed by atoms with Crippen molar-refractivity contribution in [3.05, 3.63) is 35.4 Å². The molecule has 0 aromatic heterocycles. The summed E-state index contributed by atoms with van der Waals surface area (Å²) in [5.41, 5.74) is 1.72. The highest BCUT2D eigenvalue weighted by molar-refractivity contribution is 5.71. The molecular formula is C16H22N2O2. The molecule has 0 amide bonds. The van der Waals surface area contributed by atoms with Gasteiger partial charge < -0.3 is 4.74 Å². The predicted octanol–water partition coefficient (Wildman–Crippen LogP) is 2.89. The van der Waals surface area contributed by atoms with E-state index in [2.05, 4.69) is 13.0 Å². The average molecular weight is 274 g/mol. The third kappa shape index (κ3) is 5.02. The van der Waals surface area contributed by atoms with Crippen molar-refractivity contribution in [2.45, 2.75) is 32.7 Å². The third-order valence-corrected chi connectivity index (χ3v) is 3.32. The van der Waals surface area contributed by atoms with Crippen molar-refractivity contribution in [3.8, 4) is 6.07 Å². The van der Waals surface area contributed by atoms with E-state index in [-0.39, 0.29) is 18.6 Å². The molecule has 20 heavy (non-hydrogen) atoms. The molecule has 1 atom stereocenters. The van der Waals surface area contributed by atoms with Gasteiger partial charge in [-0.2, -0.15) is 5.26 Å². The summed E-state index contributed by atoms with van der Waals surface area (Å²) in [7, 11) is 1.89. The summed E-state index contributed by atoms with van der Waals surface area (Å²) in [4.78, 5) is 13.6. The zero-order valence-electron chi connectivity index (χ0n) is 12.4. The Morgan fingerprint density at radius 3 is 2.60 bits per heavy atom. The molecule has 0 heterocycles. The molecule has 0 bridgehead atoms. The van der Waals surface area contributed by atoms with Crippen LogP contribution >= 0.6 is 0 Å². The molecule has 0 aliphatic carbocycles. The van der Waals surface area contributed by atoms with Crippen LogP contribution < -0.4 is 0 Å². The highest BCUT2D eigenvalue weighted by atomic mass is 16.5. The predicted molar refractivity (Wildman–Crippen MR) is 78.1 cm³/mol. The van der Waals surface area contributed by atoms with Gasteiger partial charge in [-0.1, -0.05) is 25.5 Å². The first-order chi connectivity index (χ1) is 9.58. The SMILES string of the molecule is CCCCOC(=O)CN(C)C(C)c1ccc(C#N)cc1. The molecule has 1 rings (SSSR count). The summed E-state index contributed by atoms with van der Waals surface area (Å²) >= 11 is 0. The lowest BCUT2D eigenvalue weighted by Crippen LogP contribution is -2.30. The van der Waals surface area contributed by atoms with Crippen LogP contribution in [0.1, 0.15) is 43.9 Å². The van der Waals surface area contributed by atoms with Crippen molar-refractivity contribution in [3.63, 3.8) is 0 Å². The van der Waals surface area contributed by atoms with Crippen LogP contribution in [-0.4, -0.2) is 31.1 Å². The summed E-state index contributed by atoms with van der Waals surface area (Å²) < 4.78 is 5.15. The number of nitriles is 1. The minimum absolute atomic E-state index is 0.0986. The molecule has 0 fully saturated rings. The zero-order valence-corrected chi connectivity index (χ0v) is 12.4. The molecule has 1 aromatic carbocycles. The maximum Gasteiger partial charge on any atom is 0.320 e. The number of esters is 1. The minimum Gasteiger partial charge on any atom is -0.465 e. The number of benzene rings is 1. The number of hydrogen-bond donors (Lipinski definition) is 0. The van der Waals surface area contributed by atoms with E-state index in [1.54, 1.807) is 12.1 Å². The van der Waals surface area contributed by atoms with E-state index in [1.807, 2.05) is 31.0 Å². The number of unbranched alkanes of at least 4 members (excludes halogenated alkanes) is 1. The van der Waals surface area contributed by atoms with Gasteiger partial charge in [0.25, 0.3) is 0 Å². The van der Waals surface area contributed by atoms with Crippen molar-refractivity contribution < 1.29 is 9.53 Å². The number of hydrogen-bond acceptors (Lipinski definition) is 4. The normalized spacial score (nSPS) is 11.9. The second-order valence-corrected chi connectivity index (χ2v) is 4.90. The molecule has 4 nitrogen and oxygen atoms in total. The molecule has 0 N–H and O–H groups in total. The van der Waals surface area contributed by atoms with Gasteiger partial charge in [0.1, 0.15) is 0 Å². The number of nitrogens with zero attached hydrogens (tertiary/aromatic N) is 2. The lowest BCUT2D eigenvalue weighted by Gasteiger charge is -2.24. The quantitative estimate of drug-likeness (QED) is 0.566. The van der Waals surface area contributed by atoms with Gasteiger partial charge >= 0.3 is 5.97 Å². The third-order valence-electron chi connectivity index (χ3n) is 3.32. The summed E-state index contributed by atoms with van der Waals surface area (Å²) in [5.74, 6) is -0.193. The van der Waals surface area contributed by atoms with Crippen molar-refractivity contribution in [2.24, 2.45) is 0 Å². The lowest BCUT2D eigenvalue weighted by molar-refractivity contribution is -0.145. The summed E-state index contributed by atoms with van der Waals surface area (Å²) in [6.07, 6.45) is 1.92. The number of carbonyl (C=O) groups excluding carboxylic acids is 1. The molecule has 0 aliphatic heterocycles. The molecule has 0 saturated carbocycles. The van der Waals surface area contributed by atoms with Gasteiger partial charge in [-0.3, -0.25) is 9.69 Å². The minimum atomic E-state index is -0.193. The van der Waals surface area contributed by atoms with E-state index in [4.69, 9.17) is 10.00 Å². The van der Waals surface area contributed by atoms with Crippen LogP contribution in [0.4, 0.5) is 0 Å². The topological polar surface area (TPSA) is 53.3 Å². The number of likely N-dealkylation sites (N-methyl/N-ethyl adjacent to an activating group) is 1. The van der Waals surface area contributed by atoms with Crippen LogP contribution in [0.2, 0.25) is 0 Å². The van der Waals surface area contributed by atoms with Crippen molar-refractivity contribution in [1.29, 1.82) is 5.26 Å². The van der Waals surface area contributed by atoms with E-state index in [0.717, 1.165) is 18.4 Å². The Morgan fingerprint density at radius 1 is 1.40 bits per heavy atom. The Kier molecular flexibility index (Phi) is 6.75. The molecule has 1 unspecified atom stereocenters. The fraction of sp³-hybridized carbons (Fsp3) is 0.500. The van der Waals surface area contributed by atoms with Crippen molar-refractivity contribution in [2.75, 3.05) is 20.2 Å². The lowest BCUT2D eigenvalue weighted by atomic mass is 10.1. The highest BCUT2D eigenvalue weighted by Crippen LogP contribution is 2.18. The number of carbonyl (C=O) groups is 1. The fourth-order valence-corrected chi connectivity index (χ4v) is 1.81. The maximum absolute atomic E-state index is 11.7. The fourth-order valence-electron chi connectivity index (χ4n) is 1.81. The summed E-state index contributed by atoms with van der Waals surface area (Å²) in [6, 6.07) is 9.61. The average Bonchev–Trinajstić information content (AvgIpc) is 2.46. The van der Waals surface area contributed by atoms with Gasteiger partial charge in [0.15, 0.2) is 0 Å². The Morgan fingerprint density at radius 2 is 2.05 bits per heavy atom. The molecular weight excluding hydrogens is 252 g/mol. The van der Waals surface area contributed by atoms with Crippen LogP contribution in [-0.2, 0) is 9.53 Å². The Labute approximate surface area is 121 Å². The van der Waals surface area contributed by atoms with Crippen LogP contribution in [0.25, 0.3) is 0 Å². The van der Waals surface area contributed by atoms with E-state index >= 15 is 0 Å². The highest BCUT2D eigenvalue weighted by Gasteiger charge is 2.15. The standard InChI is InChI=1S/C16H22N2O2/c1-4-5-10-20-16(19)12-18(3)13(2)15-8-6-14(11-17)7-9-15/h6-9,13H,4-5,10,12H2,1-3H3. The monoisotopic (exact) mass is 274 g/mol. The van der Waals surface area contributed by atoms with E-state index in [0.29, 0.717) is 12.2 Å². The first-order valence-electron chi connectivity index (χ1n) is 6.94. The number of rotatable bonds is 7. The Hall–Kier alpha value is -1.86. The van der Waals surface area contributed by atoms with Crippen LogP contribution in [0.15, 0.2) is 24.3 Å². The van der Waals surface area contributed by atoms with Gasteiger partial charge in [-0.15, -0.1) is 0 Å². The first-order valence-corrected chi connectivity index (χ1v) is 6.94. The summed E-state index contributed by atoms with van der Waals surface area (Å²) in [6.45, 7) is 4.85. The molecule has 0 saturated heterocycles. The van der Waals surface area contributed by atoms with Crippen LogP contribution in [0, 0.1) is 11.3 Å². The molecule has 0 aliphatic rings. The van der Waals surface area contributed by atoms with Crippen molar-refractivity contribution in [1.82, 2.24) is 4.90 Å². The number of ether oxygens (including phenoxy) is 1. The van der Waals surface area contributed by atoms with E-state index in [1.165, 1.54) is 0 Å². The molecule has 4 heteroatoms. The first kappa shape index (κ1) is 16.2. The van der Waals surface area contributed by atoms with Gasteiger partial charge in [0.05, 0.1) is 24.8 Å². The van der Waals surface area contributed by atoms with Crippen LogP contribution in [0.3, 0.4) is 0 Å². The van der Waals surface area contributed by atoms with E-state index in [9.17, 15) is 4.79 Å². The second kappa shape index (κ2) is 8.34. The maximum atomic E-state index is 11.7. The Bertz CT molecular complexity index is 462. The Balaban J connectivity index is 2.51. The van der Waals surface area contributed by atoms with E-state index < -0.39 is 0 Å².